The predicted octanol–water partition coefficient (Wildman–Crippen LogP) is 19.4. The molecule has 18 rings (SSSR count). The molecule has 2 aliphatic rings. The first kappa shape index (κ1) is 107. The Hall–Kier alpha value is -14.4. The van der Waals surface area contributed by atoms with Crippen LogP contribution in [0, 0.1) is 23.3 Å². The third-order valence-electron chi connectivity index (χ3n) is 24.4. The van der Waals surface area contributed by atoms with E-state index in [1.807, 2.05) is 102 Å². The second-order valence-corrected chi connectivity index (χ2v) is 34.4. The summed E-state index contributed by atoms with van der Waals surface area (Å²) in [4.78, 5) is 124. The van der Waals surface area contributed by atoms with E-state index < -0.39 is 29.2 Å². The first-order chi connectivity index (χ1) is 66.4. The van der Waals surface area contributed by atoms with E-state index in [-0.39, 0.29) is 140 Å². The van der Waals surface area contributed by atoms with Crippen LogP contribution in [-0.4, -0.2) is 163 Å². The van der Waals surface area contributed by atoms with Crippen LogP contribution in [0.2, 0.25) is 0 Å². The molecule has 4 atom stereocenters. The molecule has 12 aromatic heterocycles. The molecule has 141 heavy (non-hydrogen) atoms. The average molecular weight is 1980 g/mol. The van der Waals surface area contributed by atoms with Crippen LogP contribution in [-0.2, 0) is 0 Å². The number of anilines is 4. The van der Waals surface area contributed by atoms with Crippen molar-refractivity contribution < 1.29 is 36.7 Å². The fraction of sp³-hybridized carbons (Fsp3) is 0.279. The number of para-hydroxylation sites is 1. The number of hydrogen-bond donors (Lipinski definition) is 8. The standard InChI is InChI=1S/C27H27FN6O.C26H25FN6O.C26H27FN6O.C25H26FN7O.4H2S/c1-16(19-7-4-8-20-25(27(35)29-2)21(28)14-32-26(19)20)12-31-24-11-23(33-15-34-24)18-9-10-22(30-13-18)17-5-3-6-17;1-15(18-6-7-20(27)24-19(26(34)28-2)9-10-29-25(18)24)12-31-23-11-22(32-14-33-23)17-5-8-21(30-13-17)16-3-4-16;1-15(2)21-8-5-17(13-30-21)22-11-23(33-14-32-22)31-12-16(3)18-6-7-20(27)24-19(26(34)28-4)9-10-29-25(18)24;1-14(2)24-30-11-16(12-31-24)20-9-21(33-13-32-20)29-10-15(3)17-5-6-19(26)22-18(25(34)27-4)7-8-28-23(17)22;;;;/h4,7-11,13-17H,3,5-6,12H2,1-2H3,(H,29,35)(H,31,33,34);5-11,13-16H,3-4,12H2,1-2H3,(H,28,34)(H,31,32,33);5-11,13-16H,12H2,1-4H3,(H,28,34)(H,31,32,33);5-9,11-15H,10H2,1-4H3,(H,27,34)(H,29,32,33);4*1H2/t16-;15-;16-;15-;;;;/m1111..../s1. The van der Waals surface area contributed by atoms with Gasteiger partial charge in [-0.05, 0) is 127 Å². The molecular weight excluding hydrogens is 1870 g/mol. The van der Waals surface area contributed by atoms with Crippen molar-refractivity contribution in [3.8, 4) is 45.0 Å². The summed E-state index contributed by atoms with van der Waals surface area (Å²) in [6.45, 7) is 18.6. The van der Waals surface area contributed by atoms with Crippen LogP contribution < -0.4 is 42.5 Å². The third-order valence-corrected chi connectivity index (χ3v) is 24.4. The van der Waals surface area contributed by atoms with Crippen molar-refractivity contribution in [2.45, 2.75) is 135 Å². The molecule has 0 spiro atoms. The van der Waals surface area contributed by atoms with Crippen molar-refractivity contribution in [2.75, 3.05) is 75.6 Å². The van der Waals surface area contributed by atoms with Gasteiger partial charge in [0.1, 0.15) is 71.9 Å². The zero-order valence-corrected chi connectivity index (χ0v) is 83.9. The average Bonchev–Trinajstić information content (AvgIpc) is 1.36. The molecule has 2 saturated carbocycles. The predicted molar refractivity (Wildman–Crippen MR) is 565 cm³/mol. The van der Waals surface area contributed by atoms with Crippen molar-refractivity contribution in [1.29, 1.82) is 0 Å². The van der Waals surface area contributed by atoms with Gasteiger partial charge >= 0.3 is 0 Å². The van der Waals surface area contributed by atoms with Crippen LogP contribution in [0.4, 0.5) is 40.8 Å². The Morgan fingerprint density at radius 2 is 0.674 bits per heavy atom. The van der Waals surface area contributed by atoms with Crippen LogP contribution in [0.1, 0.15) is 221 Å². The van der Waals surface area contributed by atoms with E-state index >= 15 is 0 Å². The zero-order valence-electron chi connectivity index (χ0n) is 79.9. The maximum atomic E-state index is 14.7. The maximum absolute atomic E-state index is 14.7. The van der Waals surface area contributed by atoms with Crippen molar-refractivity contribution in [2.24, 2.45) is 0 Å². The van der Waals surface area contributed by atoms with Crippen LogP contribution in [0.5, 0.6) is 0 Å². The molecule has 0 bridgehead atoms. The van der Waals surface area contributed by atoms with Crippen LogP contribution >= 0.6 is 54.0 Å². The Morgan fingerprint density at radius 3 is 0.993 bits per heavy atom. The highest BCUT2D eigenvalue weighted by atomic mass is 32.1. The van der Waals surface area contributed by atoms with E-state index in [9.17, 15) is 36.7 Å². The summed E-state index contributed by atoms with van der Waals surface area (Å²) < 4.78 is 58.3. The number of amides is 4. The van der Waals surface area contributed by atoms with Crippen molar-refractivity contribution in [3.05, 3.63) is 305 Å². The van der Waals surface area contributed by atoms with E-state index in [0.29, 0.717) is 100 Å². The van der Waals surface area contributed by atoms with Gasteiger partial charge in [-0.2, -0.15) is 54.0 Å². The lowest BCUT2D eigenvalue weighted by Crippen LogP contribution is -2.20. The van der Waals surface area contributed by atoms with Gasteiger partial charge in [-0.15, -0.1) is 0 Å². The number of nitrogens with zero attached hydrogens (tertiary/aromatic N) is 17. The lowest BCUT2D eigenvalue weighted by atomic mass is 9.82. The molecule has 2 aliphatic carbocycles. The quantitative estimate of drug-likeness (QED) is 0.0211. The normalized spacial score (nSPS) is 12.8. The summed E-state index contributed by atoms with van der Waals surface area (Å²) in [5, 5.41) is 24.7. The smallest absolute Gasteiger partial charge is 0.254 e. The number of benzene rings is 4. The highest BCUT2D eigenvalue weighted by Crippen LogP contribution is 2.41. The fourth-order valence-corrected chi connectivity index (χ4v) is 16.1. The van der Waals surface area contributed by atoms with Crippen LogP contribution in [0.25, 0.3) is 88.6 Å². The van der Waals surface area contributed by atoms with Gasteiger partial charge in [-0.25, -0.2) is 67.4 Å². The number of pyridine rings is 7. The van der Waals surface area contributed by atoms with Gasteiger partial charge in [0, 0.05) is 231 Å². The van der Waals surface area contributed by atoms with Gasteiger partial charge < -0.3 is 42.5 Å². The van der Waals surface area contributed by atoms with Crippen molar-refractivity contribution >= 4 is 144 Å². The lowest BCUT2D eigenvalue weighted by Gasteiger charge is -2.24. The number of nitrogens with one attached hydrogen (secondary N) is 8. The molecule has 730 valence electrons. The number of hydrogen-bond acceptors (Lipinski definition) is 25. The summed E-state index contributed by atoms with van der Waals surface area (Å²) in [5.41, 5.74) is 16.4. The molecule has 12 heterocycles. The van der Waals surface area contributed by atoms with Gasteiger partial charge in [0.15, 0.2) is 5.82 Å². The number of rotatable bonds is 28. The number of carbonyl (C=O) groups is 4. The minimum absolute atomic E-state index is 0. The molecule has 2 fully saturated rings. The minimum atomic E-state index is -0.636. The summed E-state index contributed by atoms with van der Waals surface area (Å²) in [6.07, 6.45) is 27.0. The highest BCUT2D eigenvalue weighted by molar-refractivity contribution is 7.59. The molecule has 29 nitrogen and oxygen atoms in total. The largest absolute Gasteiger partial charge is 0.369 e. The molecule has 0 radical (unpaired) electrons. The van der Waals surface area contributed by atoms with E-state index in [0.717, 1.165) is 90.7 Å². The SMILES string of the molecule is CNC(=O)c1c(F)cnc2c([C@H](C)CNc3cc(-c4ccc(C5CCC5)nc4)ncn3)cccc12.CNC(=O)c1ccnc2c([C@H](C)CNc3cc(-c4ccc(C(C)C)nc4)ncn3)ccc(F)c12.CNC(=O)c1ccnc2c([C@H](C)CNc3cc(-c4ccc(C5CC5)nc4)ncn3)ccc(F)c12.CNC(=O)c1ccnc2c([C@H](C)CNc3cc(-c4cnc(C(C)C)nc4)ncn3)ccc(F)c12.S.S.S.S. The first-order valence-electron chi connectivity index (χ1n) is 45.5. The van der Waals surface area contributed by atoms with E-state index in [1.165, 1.54) is 134 Å². The molecule has 37 heteroatoms. The fourth-order valence-electron chi connectivity index (χ4n) is 16.1. The maximum Gasteiger partial charge on any atom is 0.254 e. The Kier molecular flexibility index (Phi) is 37.5. The molecule has 4 aromatic carbocycles. The van der Waals surface area contributed by atoms with E-state index in [1.54, 1.807) is 43.0 Å². The number of carbonyl (C=O) groups excluding carboxylic acids is 4. The summed E-state index contributed by atoms with van der Waals surface area (Å²) in [6, 6.07) is 39.2. The Morgan fingerprint density at radius 1 is 0.326 bits per heavy atom. The van der Waals surface area contributed by atoms with E-state index in [4.69, 9.17) is 0 Å². The second-order valence-electron chi connectivity index (χ2n) is 34.4. The minimum Gasteiger partial charge on any atom is -0.369 e. The van der Waals surface area contributed by atoms with E-state index in [2.05, 4.69) is 172 Å². The topological polar surface area (TPSA) is 384 Å². The molecule has 0 unspecified atom stereocenters. The lowest BCUT2D eigenvalue weighted by molar-refractivity contribution is 0.0953. The molecule has 0 aliphatic heterocycles. The van der Waals surface area contributed by atoms with Crippen molar-refractivity contribution in [3.63, 3.8) is 0 Å². The summed E-state index contributed by atoms with van der Waals surface area (Å²) in [5.74, 6) is 1.70. The van der Waals surface area contributed by atoms with Crippen molar-refractivity contribution in [1.82, 2.24) is 106 Å². The van der Waals surface area contributed by atoms with Crippen LogP contribution in [0.3, 0.4) is 0 Å². The summed E-state index contributed by atoms with van der Waals surface area (Å²) in [7, 11) is 6.05. The number of halogens is 4. The number of fused-ring (bicyclic) bond motifs is 4. The first-order valence-corrected chi connectivity index (χ1v) is 45.5. The van der Waals surface area contributed by atoms with Gasteiger partial charge in [0.05, 0.1) is 73.3 Å². The van der Waals surface area contributed by atoms with Crippen LogP contribution in [0.15, 0.2) is 215 Å². The highest BCUT2D eigenvalue weighted by Gasteiger charge is 2.28. The molecular formula is C104H113F4N25O4S4. The Balaban J connectivity index is 0.000000178. The molecule has 8 N–H and O–H groups in total. The Labute approximate surface area is 842 Å². The summed E-state index contributed by atoms with van der Waals surface area (Å²) >= 11 is 0. The van der Waals surface area contributed by atoms with Gasteiger partial charge in [0.2, 0.25) is 0 Å². The Bertz CT molecular complexity index is 6590. The van der Waals surface area contributed by atoms with Gasteiger partial charge in [-0.1, -0.05) is 98.2 Å². The monoisotopic (exact) mass is 1980 g/mol. The molecule has 16 aromatic rings. The second kappa shape index (κ2) is 49.4. The van der Waals surface area contributed by atoms with Gasteiger partial charge in [-0.3, -0.25) is 54.1 Å². The van der Waals surface area contributed by atoms with Gasteiger partial charge in [0.25, 0.3) is 23.6 Å². The third kappa shape index (κ3) is 25.4. The number of aromatic nitrogens is 17. The molecule has 0 saturated heterocycles. The molecule has 4 amide bonds. The zero-order chi connectivity index (χ0) is 96.5.